The fourth-order valence-electron chi connectivity index (χ4n) is 7.08. The first-order chi connectivity index (χ1) is 34.4. The van der Waals surface area contributed by atoms with Crippen molar-refractivity contribution >= 4 is 77.7 Å². The molecule has 0 spiro atoms. The minimum Gasteiger partial charge on any atom is -0.481 e. The zero-order valence-corrected chi connectivity index (χ0v) is 43.1. The summed E-state index contributed by atoms with van der Waals surface area (Å²) in [6.45, 7) is 9.27. The third-order valence-electron chi connectivity index (χ3n) is 11.1. The van der Waals surface area contributed by atoms with E-state index in [1.165, 1.54) is 0 Å². The van der Waals surface area contributed by atoms with Crippen LogP contribution in [0.5, 0.6) is 0 Å². The van der Waals surface area contributed by atoms with Crippen LogP contribution in [0.1, 0.15) is 79.2 Å². The molecule has 9 amide bonds. The first kappa shape index (κ1) is 62.7. The number of nitrogens with one attached hydrogen (secondary N) is 8. The van der Waals surface area contributed by atoms with Crippen LogP contribution in [-0.2, 0) is 73.4 Å². The predicted molar refractivity (Wildman–Crippen MR) is 266 cm³/mol. The number of hydrogen-bond acceptors (Lipinski definition) is 16. The number of ether oxygens (including phenoxy) is 3. The van der Waals surface area contributed by atoms with E-state index < -0.39 is 145 Å². The lowest BCUT2D eigenvalue weighted by Crippen LogP contribution is -2.62. The van der Waals surface area contributed by atoms with E-state index in [1.807, 2.05) is 0 Å². The maximum Gasteiger partial charge on any atom is 0.328 e. The van der Waals surface area contributed by atoms with Crippen LogP contribution in [-0.4, -0.2) is 164 Å². The summed E-state index contributed by atoms with van der Waals surface area (Å²) in [7, 11) is 0. The molecule has 9 atom stereocenters. The lowest BCUT2D eigenvalue weighted by atomic mass is 9.97. The molecule has 0 bridgehead atoms. The fourth-order valence-corrected chi connectivity index (χ4v) is 7.24. The van der Waals surface area contributed by atoms with Crippen LogP contribution in [0.25, 0.3) is 0 Å². The van der Waals surface area contributed by atoms with Gasteiger partial charge in [-0.05, 0) is 36.2 Å². The molecule has 1 aliphatic heterocycles. The predicted octanol–water partition coefficient (Wildman–Crippen LogP) is -2.93. The van der Waals surface area contributed by atoms with Gasteiger partial charge in [0.15, 0.2) is 0 Å². The van der Waals surface area contributed by atoms with Gasteiger partial charge >= 0.3 is 11.9 Å². The Morgan fingerprint density at radius 2 is 1.34 bits per heavy atom. The van der Waals surface area contributed by atoms with Gasteiger partial charge in [-0.2, -0.15) is 12.6 Å². The summed E-state index contributed by atoms with van der Waals surface area (Å²) in [6.07, 6.45) is -1.59. The van der Waals surface area contributed by atoms with Gasteiger partial charge in [-0.1, -0.05) is 78.3 Å². The van der Waals surface area contributed by atoms with Gasteiger partial charge < -0.3 is 73.3 Å². The molecule has 2 rings (SSSR count). The smallest absolute Gasteiger partial charge is 0.328 e. The van der Waals surface area contributed by atoms with Gasteiger partial charge in [-0.15, -0.1) is 0 Å². The average molecular weight is 1050 g/mol. The molecule has 1 heterocycles. The summed E-state index contributed by atoms with van der Waals surface area (Å²) in [6, 6.07) is -3.36. The van der Waals surface area contributed by atoms with Crippen molar-refractivity contribution in [2.75, 3.05) is 45.3 Å². The summed E-state index contributed by atoms with van der Waals surface area (Å²) in [5.74, 6) is -11.8. The van der Waals surface area contributed by atoms with Crippen molar-refractivity contribution in [3.05, 3.63) is 35.9 Å². The van der Waals surface area contributed by atoms with Gasteiger partial charge in [0.2, 0.25) is 53.2 Å². The maximum atomic E-state index is 14.1. The number of rotatable bonds is 27. The molecule has 1 aliphatic rings. The number of carboxylic acid groups (broad SMARTS) is 1. The number of carbonyl (C=O) groups is 11. The number of carbonyl (C=O) groups excluding carboxylic acids is 10. The number of benzene rings is 1. The van der Waals surface area contributed by atoms with Gasteiger partial charge in [0.05, 0.1) is 38.7 Å². The third kappa shape index (κ3) is 23.8. The molecule has 13 N–H and O–H groups in total. The highest BCUT2D eigenvalue weighted by Crippen LogP contribution is 2.14. The largest absolute Gasteiger partial charge is 0.481 e. The molecule has 1 fully saturated rings. The quantitative estimate of drug-likeness (QED) is 0.0239. The Balaban J connectivity index is 2.45. The molecule has 0 radical (unpaired) electrons. The van der Waals surface area contributed by atoms with Crippen molar-refractivity contribution in [2.45, 2.75) is 128 Å². The Kier molecular flexibility index (Phi) is 28.1. The molecule has 1 unspecified atom stereocenters. The number of thiol groups is 1. The lowest BCUT2D eigenvalue weighted by Gasteiger charge is -2.29. The summed E-state index contributed by atoms with van der Waals surface area (Å²) < 4.78 is 16.2. The molecule has 1 aromatic carbocycles. The Bertz CT molecular complexity index is 2050. The van der Waals surface area contributed by atoms with E-state index in [9.17, 15) is 57.8 Å². The van der Waals surface area contributed by atoms with Gasteiger partial charge in [0.25, 0.3) is 0 Å². The summed E-state index contributed by atoms with van der Waals surface area (Å²) in [4.78, 5) is 147. The highest BCUT2D eigenvalue weighted by molar-refractivity contribution is 7.80. The second kappa shape index (κ2) is 32.6. The van der Waals surface area contributed by atoms with E-state index in [1.54, 1.807) is 71.9 Å². The number of nitrogens with two attached hydrogens (primary N) is 2. The minimum atomic E-state index is -1.96. The van der Waals surface area contributed by atoms with Gasteiger partial charge in [0, 0.05) is 18.7 Å². The second-order valence-electron chi connectivity index (χ2n) is 18.4. The SMILES string of the molecule is CCC(C)[C@H](NC(=O)COCCOCCNC(=O)[C@@H](N)CS)C(=O)N[C@@H](CC(N)=O)C(=O)N[C@H]1COC(=O)[C@H](CC(C)C)NC(=O)[C@H](CC(C)C)NC(=O)[C@H](Cc2ccccc2)NC(=O)[C@H](CC(=O)O)NC1=O. The van der Waals surface area contributed by atoms with E-state index in [-0.39, 0.29) is 63.2 Å². The van der Waals surface area contributed by atoms with Crippen LogP contribution >= 0.6 is 12.6 Å². The van der Waals surface area contributed by atoms with Crippen molar-refractivity contribution in [1.82, 2.24) is 42.5 Å². The molecule has 0 aromatic heterocycles. The monoisotopic (exact) mass is 1050 g/mol. The number of hydrogen-bond donors (Lipinski definition) is 12. The Labute approximate surface area is 430 Å². The van der Waals surface area contributed by atoms with E-state index in [0.717, 1.165) is 0 Å². The molecule has 1 aromatic rings. The number of primary amides is 1. The second-order valence-corrected chi connectivity index (χ2v) is 18.8. The zero-order valence-electron chi connectivity index (χ0n) is 42.2. The summed E-state index contributed by atoms with van der Waals surface area (Å²) in [5, 5.41) is 29.7. The number of aliphatic carboxylic acids is 1. The molecule has 1 saturated heterocycles. The third-order valence-corrected chi connectivity index (χ3v) is 11.5. The molecule has 73 heavy (non-hydrogen) atoms. The van der Waals surface area contributed by atoms with Crippen LogP contribution < -0.4 is 54.0 Å². The maximum absolute atomic E-state index is 14.1. The Hall–Kier alpha value is -6.38. The van der Waals surface area contributed by atoms with Crippen molar-refractivity contribution < 1.29 is 72.1 Å². The van der Waals surface area contributed by atoms with Crippen LogP contribution in [0.3, 0.4) is 0 Å². The van der Waals surface area contributed by atoms with Crippen molar-refractivity contribution in [3.8, 4) is 0 Å². The van der Waals surface area contributed by atoms with Crippen LogP contribution in [0, 0.1) is 17.8 Å². The summed E-state index contributed by atoms with van der Waals surface area (Å²) >= 11 is 3.96. The van der Waals surface area contributed by atoms with Crippen molar-refractivity contribution in [2.24, 2.45) is 29.2 Å². The van der Waals surface area contributed by atoms with Gasteiger partial charge in [-0.3, -0.25) is 47.9 Å². The molecule has 0 saturated carbocycles. The Morgan fingerprint density at radius 1 is 0.767 bits per heavy atom. The van der Waals surface area contributed by atoms with Crippen LogP contribution in [0.15, 0.2) is 30.3 Å². The Morgan fingerprint density at radius 3 is 1.95 bits per heavy atom. The number of esters is 1. The van der Waals surface area contributed by atoms with E-state index in [4.69, 9.17) is 25.7 Å². The van der Waals surface area contributed by atoms with Crippen LogP contribution in [0.2, 0.25) is 0 Å². The van der Waals surface area contributed by atoms with Crippen LogP contribution in [0.4, 0.5) is 0 Å². The van der Waals surface area contributed by atoms with E-state index >= 15 is 0 Å². The average Bonchev–Trinajstić information content (AvgIpc) is 3.32. The highest BCUT2D eigenvalue weighted by Gasteiger charge is 2.38. The fraction of sp³-hybridized carbons (Fsp3) is 0.638. The molecule has 0 aliphatic carbocycles. The number of amides is 9. The molecule has 25 nitrogen and oxygen atoms in total. The molecular weight excluding hydrogens is 977 g/mol. The topological polar surface area (TPSA) is 384 Å². The van der Waals surface area contributed by atoms with E-state index in [0.29, 0.717) is 12.0 Å². The van der Waals surface area contributed by atoms with Crippen molar-refractivity contribution in [1.29, 1.82) is 0 Å². The van der Waals surface area contributed by atoms with Gasteiger partial charge in [-0.25, -0.2) is 4.79 Å². The van der Waals surface area contributed by atoms with Gasteiger partial charge in [0.1, 0.15) is 55.5 Å². The first-order valence-electron chi connectivity index (χ1n) is 24.1. The highest BCUT2D eigenvalue weighted by atomic mass is 32.1. The molecule has 408 valence electrons. The molecular formula is C47H74N10O15S. The van der Waals surface area contributed by atoms with E-state index in [2.05, 4.69) is 55.2 Å². The lowest BCUT2D eigenvalue weighted by molar-refractivity contribution is -0.151. The number of carboxylic acids is 1. The molecule has 26 heteroatoms. The first-order valence-corrected chi connectivity index (χ1v) is 24.7. The normalized spacial score (nSPS) is 20.7. The summed E-state index contributed by atoms with van der Waals surface area (Å²) in [5.41, 5.74) is 11.6. The standard InChI is InChI=1S/C47H74N10O15S/c1-7-27(6)39(57-37(59)23-71-16-15-70-14-13-50-40(62)29(48)24-73)46(68)54-32(20-36(49)58)43(65)56-35-22-72-47(69)34(18-26(4)5)55-41(63)30(17-25(2)3)51-42(64)31(19-28-11-9-8-10-12-28)52-44(66)33(21-38(60)61)53-45(35)67/h8-12,25-27,29-35,39,73H,7,13-24,48H2,1-6H3,(H2,49,58)(H,50,62)(H,51,64)(H,52,66)(H,53,67)(H,54,68)(H,55,63)(H,56,65)(H,57,59)(H,60,61)/t27?,29-,30-,31-,32-,33-,34-,35-,39-/m0/s1. The number of cyclic esters (lactones) is 1. The zero-order chi connectivity index (χ0) is 54.8. The minimum absolute atomic E-state index is 0.0142. The van der Waals surface area contributed by atoms with Crippen molar-refractivity contribution in [3.63, 3.8) is 0 Å².